The third-order valence-corrected chi connectivity index (χ3v) is 2.74. The lowest BCUT2D eigenvalue weighted by Crippen LogP contribution is -2.18. The summed E-state index contributed by atoms with van der Waals surface area (Å²) in [5.41, 5.74) is 0.621. The van der Waals surface area contributed by atoms with E-state index in [1.807, 2.05) is 13.8 Å². The van der Waals surface area contributed by atoms with Gasteiger partial charge >= 0.3 is 0 Å². The molecule has 78 valence electrons. The smallest absolute Gasteiger partial charge is 0.142 e. The molecule has 0 saturated carbocycles. The van der Waals surface area contributed by atoms with Gasteiger partial charge in [0.1, 0.15) is 5.82 Å². The first-order valence-corrected chi connectivity index (χ1v) is 5.20. The third-order valence-electron chi connectivity index (χ3n) is 2.02. The SMILES string of the molecule is CCNC(C)c1c(Cl)ccc(F)c1Cl. The van der Waals surface area contributed by atoms with E-state index in [0.29, 0.717) is 10.6 Å². The molecule has 0 aliphatic rings. The summed E-state index contributed by atoms with van der Waals surface area (Å²) in [6.07, 6.45) is 0. The van der Waals surface area contributed by atoms with Crippen molar-refractivity contribution in [3.63, 3.8) is 0 Å². The maximum atomic E-state index is 13.1. The summed E-state index contributed by atoms with van der Waals surface area (Å²) in [6, 6.07) is 2.74. The van der Waals surface area contributed by atoms with E-state index in [-0.39, 0.29) is 11.1 Å². The summed E-state index contributed by atoms with van der Waals surface area (Å²) < 4.78 is 13.1. The van der Waals surface area contributed by atoms with E-state index in [0.717, 1.165) is 6.54 Å². The molecule has 1 rings (SSSR count). The van der Waals surface area contributed by atoms with Crippen LogP contribution in [0.2, 0.25) is 10.0 Å². The fourth-order valence-corrected chi connectivity index (χ4v) is 2.05. The molecule has 0 bridgehead atoms. The second kappa shape index (κ2) is 4.96. The second-order valence-corrected chi connectivity index (χ2v) is 3.82. The molecule has 4 heteroatoms. The van der Waals surface area contributed by atoms with Gasteiger partial charge in [0.25, 0.3) is 0 Å². The summed E-state index contributed by atoms with van der Waals surface area (Å²) in [4.78, 5) is 0. The fourth-order valence-electron chi connectivity index (χ4n) is 1.35. The van der Waals surface area contributed by atoms with Crippen molar-refractivity contribution in [1.82, 2.24) is 5.32 Å². The molecule has 0 spiro atoms. The van der Waals surface area contributed by atoms with Crippen LogP contribution in [0.25, 0.3) is 0 Å². The van der Waals surface area contributed by atoms with Crippen LogP contribution in [-0.2, 0) is 0 Å². The molecule has 1 aromatic carbocycles. The van der Waals surface area contributed by atoms with Gasteiger partial charge in [0.2, 0.25) is 0 Å². The first kappa shape index (κ1) is 11.8. The van der Waals surface area contributed by atoms with Crippen LogP contribution in [0.1, 0.15) is 25.5 Å². The molecular weight excluding hydrogens is 224 g/mol. The summed E-state index contributed by atoms with van der Waals surface area (Å²) in [6.45, 7) is 4.65. The summed E-state index contributed by atoms with van der Waals surface area (Å²) in [5.74, 6) is -0.434. The molecule has 1 N–H and O–H groups in total. The maximum absolute atomic E-state index is 13.1. The zero-order valence-electron chi connectivity index (χ0n) is 8.07. The number of hydrogen-bond acceptors (Lipinski definition) is 1. The van der Waals surface area contributed by atoms with Crippen LogP contribution < -0.4 is 5.32 Å². The van der Waals surface area contributed by atoms with E-state index in [9.17, 15) is 4.39 Å². The first-order chi connectivity index (χ1) is 6.57. The van der Waals surface area contributed by atoms with Gasteiger partial charge in [-0.25, -0.2) is 4.39 Å². The predicted octanol–water partition coefficient (Wildman–Crippen LogP) is 3.80. The van der Waals surface area contributed by atoms with Crippen molar-refractivity contribution >= 4 is 23.2 Å². The maximum Gasteiger partial charge on any atom is 0.142 e. The van der Waals surface area contributed by atoms with E-state index in [1.54, 1.807) is 0 Å². The standard InChI is InChI=1S/C10H12Cl2FN/c1-3-14-6(2)9-7(11)4-5-8(13)10(9)12/h4-6,14H,3H2,1-2H3. The number of nitrogens with one attached hydrogen (secondary N) is 1. The lowest BCUT2D eigenvalue weighted by Gasteiger charge is -2.16. The Labute approximate surface area is 93.2 Å². The third kappa shape index (κ3) is 2.38. The van der Waals surface area contributed by atoms with E-state index in [4.69, 9.17) is 23.2 Å². The first-order valence-electron chi connectivity index (χ1n) is 4.44. The Morgan fingerprint density at radius 1 is 1.43 bits per heavy atom. The molecule has 0 radical (unpaired) electrons. The molecule has 1 aromatic rings. The molecule has 0 saturated heterocycles. The highest BCUT2D eigenvalue weighted by Crippen LogP contribution is 2.32. The van der Waals surface area contributed by atoms with E-state index < -0.39 is 5.82 Å². The van der Waals surface area contributed by atoms with Crippen LogP contribution in [0.15, 0.2) is 12.1 Å². The molecule has 0 heterocycles. The van der Waals surface area contributed by atoms with E-state index >= 15 is 0 Å². The van der Waals surface area contributed by atoms with Gasteiger partial charge in [-0.3, -0.25) is 0 Å². The lowest BCUT2D eigenvalue weighted by molar-refractivity contribution is 0.583. The molecular formula is C10H12Cl2FN. The Morgan fingerprint density at radius 3 is 2.64 bits per heavy atom. The molecule has 1 unspecified atom stereocenters. The van der Waals surface area contributed by atoms with E-state index in [1.165, 1.54) is 12.1 Å². The average molecular weight is 236 g/mol. The van der Waals surface area contributed by atoms with Crippen molar-refractivity contribution < 1.29 is 4.39 Å². The number of rotatable bonds is 3. The Hall–Kier alpha value is -0.310. The van der Waals surface area contributed by atoms with Crippen molar-refractivity contribution in [2.75, 3.05) is 6.54 Å². The minimum Gasteiger partial charge on any atom is -0.310 e. The fraction of sp³-hybridized carbons (Fsp3) is 0.400. The molecule has 0 aliphatic heterocycles. The topological polar surface area (TPSA) is 12.0 Å². The highest BCUT2D eigenvalue weighted by Gasteiger charge is 2.15. The van der Waals surface area contributed by atoms with Crippen molar-refractivity contribution in [2.24, 2.45) is 0 Å². The Kier molecular flexibility index (Phi) is 4.17. The van der Waals surface area contributed by atoms with E-state index in [2.05, 4.69) is 5.32 Å². The van der Waals surface area contributed by atoms with Crippen LogP contribution in [0.5, 0.6) is 0 Å². The monoisotopic (exact) mass is 235 g/mol. The van der Waals surface area contributed by atoms with Crippen molar-refractivity contribution in [2.45, 2.75) is 19.9 Å². The van der Waals surface area contributed by atoms with Gasteiger partial charge in [0, 0.05) is 16.6 Å². The van der Waals surface area contributed by atoms with Crippen LogP contribution >= 0.6 is 23.2 Å². The quantitative estimate of drug-likeness (QED) is 0.787. The summed E-state index contributed by atoms with van der Waals surface area (Å²) in [7, 11) is 0. The molecule has 0 aromatic heterocycles. The Balaban J connectivity index is 3.11. The van der Waals surface area contributed by atoms with Gasteiger partial charge in [0.15, 0.2) is 0 Å². The largest absolute Gasteiger partial charge is 0.310 e. The zero-order valence-corrected chi connectivity index (χ0v) is 9.58. The van der Waals surface area contributed by atoms with Gasteiger partial charge in [0.05, 0.1) is 5.02 Å². The molecule has 14 heavy (non-hydrogen) atoms. The second-order valence-electron chi connectivity index (χ2n) is 3.04. The average Bonchev–Trinajstić information content (AvgIpc) is 2.13. The minimum absolute atomic E-state index is 0.0456. The Bertz CT molecular complexity index is 328. The van der Waals surface area contributed by atoms with Gasteiger partial charge in [-0.1, -0.05) is 30.1 Å². The van der Waals surface area contributed by atoms with Crippen molar-refractivity contribution in [3.05, 3.63) is 33.6 Å². The van der Waals surface area contributed by atoms with Crippen molar-refractivity contribution in [1.29, 1.82) is 0 Å². The van der Waals surface area contributed by atoms with Gasteiger partial charge in [-0.15, -0.1) is 0 Å². The zero-order chi connectivity index (χ0) is 10.7. The molecule has 1 nitrogen and oxygen atoms in total. The summed E-state index contributed by atoms with van der Waals surface area (Å²) in [5, 5.41) is 3.73. The minimum atomic E-state index is -0.434. The summed E-state index contributed by atoms with van der Waals surface area (Å²) >= 11 is 11.8. The van der Waals surface area contributed by atoms with Crippen LogP contribution in [0.3, 0.4) is 0 Å². The van der Waals surface area contributed by atoms with Crippen LogP contribution in [-0.4, -0.2) is 6.54 Å². The number of benzene rings is 1. The predicted molar refractivity (Wildman–Crippen MR) is 58.5 cm³/mol. The highest BCUT2D eigenvalue weighted by molar-refractivity contribution is 6.36. The van der Waals surface area contributed by atoms with Gasteiger partial charge in [-0.05, 0) is 25.6 Å². The molecule has 0 fully saturated rings. The lowest BCUT2D eigenvalue weighted by atomic mass is 10.1. The number of halogens is 3. The van der Waals surface area contributed by atoms with Crippen molar-refractivity contribution in [3.8, 4) is 0 Å². The Morgan fingerprint density at radius 2 is 2.07 bits per heavy atom. The highest BCUT2D eigenvalue weighted by atomic mass is 35.5. The molecule has 1 atom stereocenters. The molecule has 0 aliphatic carbocycles. The van der Waals surface area contributed by atoms with Crippen LogP contribution in [0, 0.1) is 5.82 Å². The number of hydrogen-bond donors (Lipinski definition) is 1. The van der Waals surface area contributed by atoms with Gasteiger partial charge < -0.3 is 5.32 Å². The molecule has 0 amide bonds. The van der Waals surface area contributed by atoms with Gasteiger partial charge in [-0.2, -0.15) is 0 Å². The van der Waals surface area contributed by atoms with Crippen LogP contribution in [0.4, 0.5) is 4.39 Å². The normalized spacial score (nSPS) is 12.9.